The van der Waals surface area contributed by atoms with Crippen molar-refractivity contribution in [3.05, 3.63) is 18.3 Å². The Balaban J connectivity index is 2.89. The number of nitrogens with zero attached hydrogens (tertiary/aromatic N) is 2. The molecule has 1 heterocycles. The number of pyridine rings is 1. The van der Waals surface area contributed by atoms with Crippen LogP contribution in [0.25, 0.3) is 0 Å². The van der Waals surface area contributed by atoms with Gasteiger partial charge in [0.15, 0.2) is 0 Å². The van der Waals surface area contributed by atoms with Gasteiger partial charge in [-0.3, -0.25) is 9.69 Å². The van der Waals surface area contributed by atoms with Gasteiger partial charge in [0.25, 0.3) is 0 Å². The van der Waals surface area contributed by atoms with E-state index in [1.54, 1.807) is 23.2 Å². The first kappa shape index (κ1) is 10.5. The lowest BCUT2D eigenvalue weighted by molar-refractivity contribution is -0.118. The Bertz CT molecular complexity index is 308. The molecule has 14 heavy (non-hydrogen) atoms. The Labute approximate surface area is 83.7 Å². The minimum Gasteiger partial charge on any atom is -0.397 e. The lowest BCUT2D eigenvalue weighted by atomic mass is 10.3. The molecule has 1 amide bonds. The van der Waals surface area contributed by atoms with Crippen molar-refractivity contribution in [1.29, 1.82) is 0 Å². The van der Waals surface area contributed by atoms with Gasteiger partial charge >= 0.3 is 0 Å². The van der Waals surface area contributed by atoms with Crippen LogP contribution in [0, 0.1) is 0 Å². The highest BCUT2D eigenvalue weighted by atomic mass is 16.2. The third-order valence-corrected chi connectivity index (χ3v) is 1.97. The van der Waals surface area contributed by atoms with Crippen molar-refractivity contribution in [2.75, 3.05) is 17.2 Å². The molecule has 0 saturated heterocycles. The molecular formula is C10H15N3O. The predicted octanol–water partition coefficient (Wildman–Crippen LogP) is 1.43. The van der Waals surface area contributed by atoms with E-state index in [0.29, 0.717) is 24.5 Å². The molecule has 4 nitrogen and oxygen atoms in total. The van der Waals surface area contributed by atoms with Crippen LogP contribution in [-0.2, 0) is 4.79 Å². The summed E-state index contributed by atoms with van der Waals surface area (Å²) < 4.78 is 0. The molecule has 0 radical (unpaired) electrons. The van der Waals surface area contributed by atoms with Gasteiger partial charge in [-0.15, -0.1) is 0 Å². The molecule has 0 aliphatic heterocycles. The zero-order chi connectivity index (χ0) is 10.6. The summed E-state index contributed by atoms with van der Waals surface area (Å²) in [4.78, 5) is 17.2. The van der Waals surface area contributed by atoms with Crippen molar-refractivity contribution in [3.8, 4) is 0 Å². The number of aromatic nitrogens is 1. The van der Waals surface area contributed by atoms with Crippen LogP contribution in [0.2, 0.25) is 0 Å². The summed E-state index contributed by atoms with van der Waals surface area (Å²) in [5.74, 6) is 0.735. The lowest BCUT2D eigenvalue weighted by Gasteiger charge is -2.18. The number of amides is 1. The van der Waals surface area contributed by atoms with Gasteiger partial charge in [-0.25, -0.2) is 4.98 Å². The molecule has 0 bridgehead atoms. The lowest BCUT2D eigenvalue weighted by Crippen LogP contribution is -2.30. The minimum atomic E-state index is 0.0739. The van der Waals surface area contributed by atoms with E-state index in [2.05, 4.69) is 4.98 Å². The van der Waals surface area contributed by atoms with Crippen LogP contribution in [-0.4, -0.2) is 17.4 Å². The highest BCUT2D eigenvalue weighted by molar-refractivity contribution is 5.92. The Kier molecular flexibility index (Phi) is 3.45. The maximum Gasteiger partial charge on any atom is 0.227 e. The van der Waals surface area contributed by atoms with E-state index >= 15 is 0 Å². The zero-order valence-corrected chi connectivity index (χ0v) is 8.53. The SMILES string of the molecule is CCC(=O)N(CC)c1ccc(N)cn1. The number of hydrogen-bond donors (Lipinski definition) is 1. The summed E-state index contributed by atoms with van der Waals surface area (Å²) in [6.07, 6.45) is 2.04. The minimum absolute atomic E-state index is 0.0739. The molecule has 0 saturated carbocycles. The summed E-state index contributed by atoms with van der Waals surface area (Å²) in [6.45, 7) is 4.39. The van der Waals surface area contributed by atoms with Crippen LogP contribution >= 0.6 is 0 Å². The quantitative estimate of drug-likeness (QED) is 0.789. The average Bonchev–Trinajstić information content (AvgIpc) is 2.21. The van der Waals surface area contributed by atoms with Gasteiger partial charge < -0.3 is 5.73 Å². The van der Waals surface area contributed by atoms with E-state index in [1.807, 2.05) is 13.8 Å². The smallest absolute Gasteiger partial charge is 0.227 e. The van der Waals surface area contributed by atoms with E-state index < -0.39 is 0 Å². The second kappa shape index (κ2) is 4.60. The fraction of sp³-hybridized carbons (Fsp3) is 0.400. The second-order valence-electron chi connectivity index (χ2n) is 2.94. The van der Waals surface area contributed by atoms with Crippen molar-refractivity contribution in [2.24, 2.45) is 0 Å². The predicted molar refractivity (Wildman–Crippen MR) is 57.0 cm³/mol. The molecular weight excluding hydrogens is 178 g/mol. The molecule has 0 aliphatic carbocycles. The van der Waals surface area contributed by atoms with Crippen LogP contribution in [0.4, 0.5) is 11.5 Å². The maximum atomic E-state index is 11.5. The van der Waals surface area contributed by atoms with Gasteiger partial charge in [-0.05, 0) is 19.1 Å². The van der Waals surface area contributed by atoms with Gasteiger partial charge in [0, 0.05) is 13.0 Å². The van der Waals surface area contributed by atoms with Crippen LogP contribution in [0.3, 0.4) is 0 Å². The number of anilines is 2. The molecule has 1 aromatic rings. The van der Waals surface area contributed by atoms with Crippen molar-refractivity contribution in [1.82, 2.24) is 4.98 Å². The van der Waals surface area contributed by atoms with Gasteiger partial charge in [0.1, 0.15) is 5.82 Å². The Hall–Kier alpha value is -1.58. The van der Waals surface area contributed by atoms with Crippen LogP contribution < -0.4 is 10.6 Å². The summed E-state index contributed by atoms with van der Waals surface area (Å²) >= 11 is 0. The third kappa shape index (κ3) is 2.22. The van der Waals surface area contributed by atoms with Crippen molar-refractivity contribution in [2.45, 2.75) is 20.3 Å². The molecule has 0 spiro atoms. The highest BCUT2D eigenvalue weighted by Gasteiger charge is 2.11. The number of rotatable bonds is 3. The summed E-state index contributed by atoms with van der Waals surface area (Å²) in [5, 5.41) is 0. The molecule has 1 aromatic heterocycles. The zero-order valence-electron chi connectivity index (χ0n) is 8.53. The fourth-order valence-electron chi connectivity index (χ4n) is 1.21. The van der Waals surface area contributed by atoms with E-state index in [4.69, 9.17) is 5.73 Å². The Morgan fingerprint density at radius 2 is 2.21 bits per heavy atom. The molecule has 4 heteroatoms. The van der Waals surface area contributed by atoms with Crippen molar-refractivity contribution >= 4 is 17.4 Å². The van der Waals surface area contributed by atoms with E-state index in [9.17, 15) is 4.79 Å². The number of carbonyl (C=O) groups excluding carboxylic acids is 1. The second-order valence-corrected chi connectivity index (χ2v) is 2.94. The average molecular weight is 193 g/mol. The molecule has 2 N–H and O–H groups in total. The molecule has 0 atom stereocenters. The summed E-state index contributed by atoms with van der Waals surface area (Å²) in [5.41, 5.74) is 6.12. The Morgan fingerprint density at radius 3 is 2.64 bits per heavy atom. The number of hydrogen-bond acceptors (Lipinski definition) is 3. The third-order valence-electron chi connectivity index (χ3n) is 1.97. The molecule has 1 rings (SSSR count). The number of nitrogen functional groups attached to an aromatic ring is 1. The fourth-order valence-corrected chi connectivity index (χ4v) is 1.21. The highest BCUT2D eigenvalue weighted by Crippen LogP contribution is 2.12. The number of nitrogens with two attached hydrogens (primary N) is 1. The monoisotopic (exact) mass is 193 g/mol. The molecule has 0 aromatic carbocycles. The van der Waals surface area contributed by atoms with E-state index in [1.165, 1.54) is 0 Å². The van der Waals surface area contributed by atoms with Crippen LogP contribution in [0.15, 0.2) is 18.3 Å². The molecule has 0 aliphatic rings. The van der Waals surface area contributed by atoms with Crippen LogP contribution in [0.5, 0.6) is 0 Å². The van der Waals surface area contributed by atoms with Gasteiger partial charge in [-0.1, -0.05) is 6.92 Å². The topological polar surface area (TPSA) is 59.2 Å². The Morgan fingerprint density at radius 1 is 1.50 bits per heavy atom. The van der Waals surface area contributed by atoms with Gasteiger partial charge in [-0.2, -0.15) is 0 Å². The molecule has 0 fully saturated rings. The van der Waals surface area contributed by atoms with Gasteiger partial charge in [0.2, 0.25) is 5.91 Å². The van der Waals surface area contributed by atoms with Crippen molar-refractivity contribution in [3.63, 3.8) is 0 Å². The first-order chi connectivity index (χ1) is 6.69. The first-order valence-corrected chi connectivity index (χ1v) is 4.71. The summed E-state index contributed by atoms with van der Waals surface area (Å²) in [6, 6.07) is 3.50. The van der Waals surface area contributed by atoms with Crippen molar-refractivity contribution < 1.29 is 4.79 Å². The normalized spacial score (nSPS) is 9.86. The number of carbonyl (C=O) groups is 1. The largest absolute Gasteiger partial charge is 0.397 e. The first-order valence-electron chi connectivity index (χ1n) is 4.71. The van der Waals surface area contributed by atoms with E-state index in [-0.39, 0.29) is 5.91 Å². The van der Waals surface area contributed by atoms with E-state index in [0.717, 1.165) is 0 Å². The molecule has 0 unspecified atom stereocenters. The summed E-state index contributed by atoms with van der Waals surface area (Å²) in [7, 11) is 0. The van der Waals surface area contributed by atoms with Crippen LogP contribution in [0.1, 0.15) is 20.3 Å². The molecule has 76 valence electrons. The standard InChI is InChI=1S/C10H15N3O/c1-3-10(14)13(4-2)9-6-5-8(11)7-12-9/h5-7H,3-4,11H2,1-2H3. The maximum absolute atomic E-state index is 11.5. The van der Waals surface area contributed by atoms with Gasteiger partial charge in [0.05, 0.1) is 11.9 Å².